The molecule has 2 heterocycles. The normalized spacial score (nSPS) is 24.0. The first kappa shape index (κ1) is 23.6. The fraction of sp³-hybridized carbons (Fsp3) is 0.611. The van der Waals surface area contributed by atoms with Crippen LogP contribution in [0.2, 0.25) is 0 Å². The summed E-state index contributed by atoms with van der Waals surface area (Å²) in [6.45, 7) is 4.10. The zero-order valence-electron chi connectivity index (χ0n) is 16.1. The van der Waals surface area contributed by atoms with E-state index in [0.717, 1.165) is 25.1 Å². The Morgan fingerprint density at radius 3 is 2.34 bits per heavy atom. The Hall–Kier alpha value is -1.69. The highest BCUT2D eigenvalue weighted by Gasteiger charge is 2.42. The molecular weight excluding hydrogens is 413 g/mol. The molecule has 1 atom stereocenters. The lowest BCUT2D eigenvalue weighted by molar-refractivity contribution is -0.192. The molecule has 2 aliphatic rings. The van der Waals surface area contributed by atoms with Gasteiger partial charge in [0.15, 0.2) is 0 Å². The predicted molar refractivity (Wildman–Crippen MR) is 99.7 cm³/mol. The SMILES string of the molecule is CN1CCC2(COCCN(S(=O)(=O)Cc3ccccc3)C2)C1.O=C(O)C(F)(F)F. The molecule has 164 valence electrons. The summed E-state index contributed by atoms with van der Waals surface area (Å²) in [5.74, 6) is -2.69. The lowest BCUT2D eigenvalue weighted by Gasteiger charge is -2.31. The third-order valence-corrected chi connectivity index (χ3v) is 6.66. The summed E-state index contributed by atoms with van der Waals surface area (Å²) in [6.07, 6.45) is -4.08. The molecule has 1 aromatic carbocycles. The van der Waals surface area contributed by atoms with E-state index in [0.29, 0.717) is 26.3 Å². The van der Waals surface area contributed by atoms with E-state index in [2.05, 4.69) is 11.9 Å². The van der Waals surface area contributed by atoms with Gasteiger partial charge in [0.2, 0.25) is 10.0 Å². The maximum absolute atomic E-state index is 12.8. The van der Waals surface area contributed by atoms with Crippen LogP contribution >= 0.6 is 0 Å². The number of benzene rings is 1. The smallest absolute Gasteiger partial charge is 0.475 e. The number of nitrogens with zero attached hydrogens (tertiary/aromatic N) is 2. The number of aliphatic carboxylic acids is 1. The van der Waals surface area contributed by atoms with Crippen LogP contribution in [-0.2, 0) is 25.3 Å². The molecule has 1 spiro atoms. The lowest BCUT2D eigenvalue weighted by Crippen LogP contribution is -2.43. The van der Waals surface area contributed by atoms with Crippen LogP contribution in [0.5, 0.6) is 0 Å². The summed E-state index contributed by atoms with van der Waals surface area (Å²) in [5, 5.41) is 7.12. The number of alkyl halides is 3. The molecule has 1 aromatic rings. The Bertz CT molecular complexity index is 788. The molecule has 1 unspecified atom stereocenters. The lowest BCUT2D eigenvalue weighted by atomic mass is 9.88. The molecule has 1 N–H and O–H groups in total. The zero-order valence-corrected chi connectivity index (χ0v) is 16.9. The molecule has 0 aliphatic carbocycles. The second kappa shape index (κ2) is 9.41. The number of likely N-dealkylation sites (tertiary alicyclic amines) is 1. The van der Waals surface area contributed by atoms with Crippen molar-refractivity contribution in [2.24, 2.45) is 5.41 Å². The number of ether oxygens (including phenoxy) is 1. The molecule has 2 saturated heterocycles. The summed E-state index contributed by atoms with van der Waals surface area (Å²) in [6, 6.07) is 9.39. The molecule has 0 bridgehead atoms. The third kappa shape index (κ3) is 6.95. The van der Waals surface area contributed by atoms with Crippen LogP contribution in [0.15, 0.2) is 30.3 Å². The molecule has 0 aromatic heterocycles. The molecule has 0 saturated carbocycles. The highest BCUT2D eigenvalue weighted by molar-refractivity contribution is 7.88. The van der Waals surface area contributed by atoms with E-state index in [4.69, 9.17) is 14.6 Å². The largest absolute Gasteiger partial charge is 0.490 e. The topological polar surface area (TPSA) is 87.2 Å². The van der Waals surface area contributed by atoms with E-state index < -0.39 is 22.2 Å². The van der Waals surface area contributed by atoms with Gasteiger partial charge in [-0.3, -0.25) is 0 Å². The molecule has 2 aliphatic heterocycles. The molecule has 3 rings (SSSR count). The van der Waals surface area contributed by atoms with Crippen LogP contribution < -0.4 is 0 Å². The van der Waals surface area contributed by atoms with Crippen LogP contribution in [0.1, 0.15) is 12.0 Å². The minimum atomic E-state index is -5.08. The Labute approximate surface area is 168 Å². The fourth-order valence-corrected chi connectivity index (χ4v) is 5.09. The van der Waals surface area contributed by atoms with Gasteiger partial charge in [0.05, 0.1) is 19.0 Å². The molecule has 0 radical (unpaired) electrons. The zero-order chi connectivity index (χ0) is 21.7. The van der Waals surface area contributed by atoms with E-state index in [9.17, 15) is 21.6 Å². The summed E-state index contributed by atoms with van der Waals surface area (Å²) in [4.78, 5) is 11.2. The first-order valence-electron chi connectivity index (χ1n) is 9.02. The predicted octanol–water partition coefficient (Wildman–Crippen LogP) is 1.80. The quantitative estimate of drug-likeness (QED) is 0.775. The summed E-state index contributed by atoms with van der Waals surface area (Å²) in [7, 11) is -1.22. The van der Waals surface area contributed by atoms with Gasteiger partial charge in [-0.05, 0) is 25.6 Å². The minimum Gasteiger partial charge on any atom is -0.475 e. The molecule has 11 heteroatoms. The van der Waals surface area contributed by atoms with Crippen molar-refractivity contribution in [3.8, 4) is 0 Å². The number of hydrogen-bond donors (Lipinski definition) is 1. The van der Waals surface area contributed by atoms with Crippen molar-refractivity contribution in [3.63, 3.8) is 0 Å². The Kier molecular flexibility index (Phi) is 7.66. The van der Waals surface area contributed by atoms with Gasteiger partial charge < -0.3 is 14.7 Å². The van der Waals surface area contributed by atoms with Crippen molar-refractivity contribution in [3.05, 3.63) is 35.9 Å². The number of carboxylic acid groups (broad SMARTS) is 1. The van der Waals surface area contributed by atoms with Gasteiger partial charge in [0.25, 0.3) is 0 Å². The van der Waals surface area contributed by atoms with E-state index in [1.165, 1.54) is 0 Å². The first-order valence-corrected chi connectivity index (χ1v) is 10.6. The summed E-state index contributed by atoms with van der Waals surface area (Å²) in [5.41, 5.74) is 0.792. The van der Waals surface area contributed by atoms with Crippen molar-refractivity contribution in [1.82, 2.24) is 9.21 Å². The number of sulfonamides is 1. The average molecular weight is 438 g/mol. The Morgan fingerprint density at radius 1 is 1.21 bits per heavy atom. The van der Waals surface area contributed by atoms with Crippen LogP contribution in [0, 0.1) is 5.41 Å². The fourth-order valence-electron chi connectivity index (χ4n) is 3.47. The number of halogens is 3. The van der Waals surface area contributed by atoms with Crippen LogP contribution in [0.3, 0.4) is 0 Å². The van der Waals surface area contributed by atoms with Gasteiger partial charge in [-0.25, -0.2) is 13.2 Å². The van der Waals surface area contributed by atoms with E-state index >= 15 is 0 Å². The van der Waals surface area contributed by atoms with Crippen molar-refractivity contribution >= 4 is 16.0 Å². The first-order chi connectivity index (χ1) is 13.4. The molecule has 2 fully saturated rings. The second-order valence-corrected chi connectivity index (χ2v) is 9.39. The van der Waals surface area contributed by atoms with E-state index in [1.54, 1.807) is 4.31 Å². The second-order valence-electron chi connectivity index (χ2n) is 7.42. The standard InChI is InChI=1S/C16H24N2O3S.C2HF3O2/c1-17-8-7-16(12-17)13-18(9-10-21-14-16)22(19,20)11-15-5-3-2-4-6-15;3-2(4,5)1(6)7/h2-6H,7-14H2,1H3;(H,6,7). The van der Waals surface area contributed by atoms with E-state index in [1.807, 2.05) is 30.3 Å². The van der Waals surface area contributed by atoms with Gasteiger partial charge in [-0.2, -0.15) is 17.5 Å². The number of hydrogen-bond acceptors (Lipinski definition) is 5. The average Bonchev–Trinajstić information content (AvgIpc) is 2.85. The van der Waals surface area contributed by atoms with Crippen LogP contribution in [0.4, 0.5) is 13.2 Å². The molecule has 0 amide bonds. The number of carboxylic acids is 1. The van der Waals surface area contributed by atoms with Crippen molar-refractivity contribution in [1.29, 1.82) is 0 Å². The van der Waals surface area contributed by atoms with Crippen LogP contribution in [-0.4, -0.2) is 81.3 Å². The van der Waals surface area contributed by atoms with Gasteiger partial charge in [-0.15, -0.1) is 0 Å². The highest BCUT2D eigenvalue weighted by Crippen LogP contribution is 2.33. The number of rotatable bonds is 3. The van der Waals surface area contributed by atoms with Crippen molar-refractivity contribution in [2.75, 3.05) is 46.4 Å². The molecule has 7 nitrogen and oxygen atoms in total. The van der Waals surface area contributed by atoms with Crippen molar-refractivity contribution < 1.29 is 36.2 Å². The van der Waals surface area contributed by atoms with E-state index in [-0.39, 0.29) is 11.2 Å². The number of carbonyl (C=O) groups is 1. The monoisotopic (exact) mass is 438 g/mol. The van der Waals surface area contributed by atoms with Crippen LogP contribution in [0.25, 0.3) is 0 Å². The van der Waals surface area contributed by atoms with Gasteiger partial charge >= 0.3 is 12.1 Å². The third-order valence-electron chi connectivity index (χ3n) is 4.86. The highest BCUT2D eigenvalue weighted by atomic mass is 32.2. The maximum atomic E-state index is 12.8. The van der Waals surface area contributed by atoms with Crippen molar-refractivity contribution in [2.45, 2.75) is 18.3 Å². The van der Waals surface area contributed by atoms with Gasteiger partial charge in [-0.1, -0.05) is 30.3 Å². The summed E-state index contributed by atoms with van der Waals surface area (Å²) < 4.78 is 64.7. The van der Waals surface area contributed by atoms with Gasteiger partial charge in [0, 0.05) is 25.0 Å². The maximum Gasteiger partial charge on any atom is 0.490 e. The minimum absolute atomic E-state index is 0.0466. The molecular formula is C18H25F3N2O5S. The summed E-state index contributed by atoms with van der Waals surface area (Å²) >= 11 is 0. The Morgan fingerprint density at radius 2 is 1.83 bits per heavy atom. The molecule has 29 heavy (non-hydrogen) atoms. The Balaban J connectivity index is 0.000000370. The van der Waals surface area contributed by atoms with Gasteiger partial charge in [0.1, 0.15) is 0 Å².